The number of carbonyl (C=O) groups is 2. The number of carbonyl (C=O) groups excluding carboxylic acids is 2. The Kier molecular flexibility index (Phi) is 6.00. The lowest BCUT2D eigenvalue weighted by Crippen LogP contribution is -2.53. The highest BCUT2D eigenvalue weighted by atomic mass is 16.2. The van der Waals surface area contributed by atoms with E-state index < -0.39 is 0 Å². The molecule has 0 radical (unpaired) electrons. The minimum absolute atomic E-state index is 0.145. The van der Waals surface area contributed by atoms with Crippen molar-refractivity contribution in [1.29, 1.82) is 0 Å². The van der Waals surface area contributed by atoms with Crippen molar-refractivity contribution in [1.82, 2.24) is 14.7 Å². The zero-order valence-electron chi connectivity index (χ0n) is 17.2. The smallest absolute Gasteiger partial charge is 0.242 e. The van der Waals surface area contributed by atoms with Crippen LogP contribution in [0.3, 0.4) is 0 Å². The predicted molar refractivity (Wildman–Crippen MR) is 116 cm³/mol. The van der Waals surface area contributed by atoms with Crippen molar-refractivity contribution < 1.29 is 9.59 Å². The summed E-state index contributed by atoms with van der Waals surface area (Å²) in [5, 5.41) is 2.39. The molecule has 0 aromatic heterocycles. The number of hydrogen-bond acceptors (Lipinski definition) is 4. The molecule has 4 rings (SSSR count). The van der Waals surface area contributed by atoms with Gasteiger partial charge in [0.25, 0.3) is 0 Å². The first kappa shape index (κ1) is 19.7. The first-order chi connectivity index (χ1) is 14.1. The maximum Gasteiger partial charge on any atom is 0.242 e. The molecule has 2 amide bonds. The minimum atomic E-state index is 0.145. The molecule has 2 aromatic carbocycles. The Labute approximate surface area is 172 Å². The SMILES string of the molecule is CN(CC(=O)N1CCN(CC(=O)N2CCCC2)CC1)c1ccc2ccccc2c1. The predicted octanol–water partition coefficient (Wildman–Crippen LogP) is 2.04. The van der Waals surface area contributed by atoms with Crippen LogP contribution in [0.4, 0.5) is 5.69 Å². The highest BCUT2D eigenvalue weighted by Gasteiger charge is 2.25. The number of rotatable bonds is 5. The molecule has 0 saturated carbocycles. The zero-order chi connectivity index (χ0) is 20.2. The van der Waals surface area contributed by atoms with Crippen molar-refractivity contribution in [3.8, 4) is 0 Å². The van der Waals surface area contributed by atoms with Crippen LogP contribution in [0.25, 0.3) is 10.8 Å². The van der Waals surface area contributed by atoms with Gasteiger partial charge in [-0.05, 0) is 35.7 Å². The first-order valence-electron chi connectivity index (χ1n) is 10.6. The molecule has 0 N–H and O–H groups in total. The molecule has 6 heteroatoms. The Morgan fingerprint density at radius 2 is 1.48 bits per heavy atom. The van der Waals surface area contributed by atoms with Gasteiger partial charge in [-0.3, -0.25) is 14.5 Å². The second-order valence-corrected chi connectivity index (χ2v) is 8.13. The fraction of sp³-hybridized carbons (Fsp3) is 0.478. The molecule has 6 nitrogen and oxygen atoms in total. The second-order valence-electron chi connectivity index (χ2n) is 8.13. The molecule has 2 aliphatic rings. The van der Waals surface area contributed by atoms with Gasteiger partial charge in [0.05, 0.1) is 13.1 Å². The first-order valence-corrected chi connectivity index (χ1v) is 10.6. The highest BCUT2D eigenvalue weighted by molar-refractivity contribution is 5.87. The quantitative estimate of drug-likeness (QED) is 0.779. The number of fused-ring (bicyclic) bond motifs is 1. The lowest BCUT2D eigenvalue weighted by Gasteiger charge is -2.36. The van der Waals surface area contributed by atoms with E-state index in [-0.39, 0.29) is 11.8 Å². The summed E-state index contributed by atoms with van der Waals surface area (Å²) in [6, 6.07) is 14.6. The average molecular weight is 395 g/mol. The largest absolute Gasteiger partial charge is 0.365 e. The van der Waals surface area contributed by atoms with E-state index in [1.807, 2.05) is 33.9 Å². The zero-order valence-corrected chi connectivity index (χ0v) is 17.2. The monoisotopic (exact) mass is 394 g/mol. The van der Waals surface area contributed by atoms with E-state index in [1.54, 1.807) is 0 Å². The summed E-state index contributed by atoms with van der Waals surface area (Å²) in [5.41, 5.74) is 1.05. The molecule has 2 fully saturated rings. The summed E-state index contributed by atoms with van der Waals surface area (Å²) in [4.78, 5) is 33.2. The molecule has 0 atom stereocenters. The van der Waals surface area contributed by atoms with E-state index in [2.05, 4.69) is 35.2 Å². The highest BCUT2D eigenvalue weighted by Crippen LogP contribution is 2.21. The fourth-order valence-electron chi connectivity index (χ4n) is 4.22. The summed E-state index contributed by atoms with van der Waals surface area (Å²) in [6.45, 7) is 5.58. The fourth-order valence-corrected chi connectivity index (χ4v) is 4.22. The summed E-state index contributed by atoms with van der Waals surface area (Å²) in [7, 11) is 1.97. The van der Waals surface area contributed by atoms with E-state index in [1.165, 1.54) is 10.8 Å². The van der Waals surface area contributed by atoms with Gasteiger partial charge in [0.2, 0.25) is 11.8 Å². The van der Waals surface area contributed by atoms with Crippen molar-refractivity contribution >= 4 is 28.3 Å². The maximum absolute atomic E-state index is 12.8. The lowest BCUT2D eigenvalue weighted by atomic mass is 10.1. The Bertz CT molecular complexity index is 870. The average Bonchev–Trinajstić information content (AvgIpc) is 3.29. The Balaban J connectivity index is 1.27. The molecular weight excluding hydrogens is 364 g/mol. The van der Waals surface area contributed by atoms with Gasteiger partial charge in [-0.1, -0.05) is 30.3 Å². The topological polar surface area (TPSA) is 47.1 Å². The van der Waals surface area contributed by atoms with Crippen LogP contribution in [0.5, 0.6) is 0 Å². The number of piperazine rings is 1. The minimum Gasteiger partial charge on any atom is -0.365 e. The number of anilines is 1. The van der Waals surface area contributed by atoms with Crippen molar-refractivity contribution in [3.05, 3.63) is 42.5 Å². The third kappa shape index (κ3) is 4.70. The lowest BCUT2D eigenvalue weighted by molar-refractivity contribution is -0.133. The Hall–Kier alpha value is -2.60. The summed E-state index contributed by atoms with van der Waals surface area (Å²) >= 11 is 0. The molecule has 0 spiro atoms. The van der Waals surface area contributed by atoms with Crippen LogP contribution in [0.15, 0.2) is 42.5 Å². The number of benzene rings is 2. The molecule has 2 saturated heterocycles. The van der Waals surface area contributed by atoms with Crippen molar-refractivity contribution in [2.75, 3.05) is 64.3 Å². The summed E-state index contributed by atoms with van der Waals surface area (Å²) in [6.07, 6.45) is 2.25. The second kappa shape index (κ2) is 8.82. The van der Waals surface area contributed by atoms with Crippen LogP contribution < -0.4 is 4.90 Å². The van der Waals surface area contributed by atoms with Crippen LogP contribution in [0.1, 0.15) is 12.8 Å². The summed E-state index contributed by atoms with van der Waals surface area (Å²) < 4.78 is 0. The van der Waals surface area contributed by atoms with Gasteiger partial charge in [-0.15, -0.1) is 0 Å². The van der Waals surface area contributed by atoms with Crippen LogP contribution in [0.2, 0.25) is 0 Å². The van der Waals surface area contributed by atoms with Crippen LogP contribution in [-0.2, 0) is 9.59 Å². The molecular formula is C23H30N4O2. The standard InChI is InChI=1S/C23H30N4O2/c1-24(21-9-8-19-6-2-3-7-20(19)16-21)17-22(28)27-14-12-25(13-15-27)18-23(29)26-10-4-5-11-26/h2-3,6-9,16H,4-5,10-15,17-18H2,1H3. The van der Waals surface area contributed by atoms with Crippen LogP contribution >= 0.6 is 0 Å². The molecule has 0 bridgehead atoms. The Morgan fingerprint density at radius 3 is 2.21 bits per heavy atom. The van der Waals surface area contributed by atoms with Gasteiger partial charge < -0.3 is 14.7 Å². The van der Waals surface area contributed by atoms with Crippen LogP contribution in [-0.4, -0.2) is 85.9 Å². The molecule has 2 aliphatic heterocycles. The molecule has 154 valence electrons. The van der Waals surface area contributed by atoms with Crippen molar-refractivity contribution in [3.63, 3.8) is 0 Å². The van der Waals surface area contributed by atoms with Crippen molar-refractivity contribution in [2.24, 2.45) is 0 Å². The normalized spacial score (nSPS) is 17.7. The van der Waals surface area contributed by atoms with E-state index >= 15 is 0 Å². The molecule has 0 aliphatic carbocycles. The van der Waals surface area contributed by atoms with Gasteiger partial charge in [-0.25, -0.2) is 0 Å². The number of likely N-dealkylation sites (tertiary alicyclic amines) is 1. The maximum atomic E-state index is 12.8. The summed E-state index contributed by atoms with van der Waals surface area (Å²) in [5.74, 6) is 0.379. The molecule has 0 unspecified atom stereocenters. The number of likely N-dealkylation sites (N-methyl/N-ethyl adjacent to an activating group) is 1. The molecule has 2 aromatic rings. The number of nitrogens with zero attached hydrogens (tertiary/aromatic N) is 4. The van der Waals surface area contributed by atoms with Gasteiger partial charge >= 0.3 is 0 Å². The van der Waals surface area contributed by atoms with E-state index in [9.17, 15) is 9.59 Å². The van der Waals surface area contributed by atoms with Crippen LogP contribution in [0, 0.1) is 0 Å². The van der Waals surface area contributed by atoms with E-state index in [0.29, 0.717) is 26.2 Å². The molecule has 2 heterocycles. The van der Waals surface area contributed by atoms with Gasteiger partial charge in [-0.2, -0.15) is 0 Å². The van der Waals surface area contributed by atoms with Gasteiger partial charge in [0, 0.05) is 52.0 Å². The van der Waals surface area contributed by atoms with Gasteiger partial charge in [0.15, 0.2) is 0 Å². The number of amides is 2. The van der Waals surface area contributed by atoms with E-state index in [4.69, 9.17) is 0 Å². The van der Waals surface area contributed by atoms with Gasteiger partial charge in [0.1, 0.15) is 0 Å². The Morgan fingerprint density at radius 1 is 0.828 bits per heavy atom. The number of hydrogen-bond donors (Lipinski definition) is 0. The van der Waals surface area contributed by atoms with Crippen molar-refractivity contribution in [2.45, 2.75) is 12.8 Å². The third-order valence-corrected chi connectivity index (χ3v) is 6.09. The third-order valence-electron chi connectivity index (χ3n) is 6.09. The molecule has 29 heavy (non-hydrogen) atoms. The van der Waals surface area contributed by atoms with E-state index in [0.717, 1.165) is 44.7 Å².